The molecule has 0 aromatic rings. The number of morpholine rings is 1. The first-order chi connectivity index (χ1) is 6.33. The van der Waals surface area contributed by atoms with Crippen molar-refractivity contribution in [3.05, 3.63) is 12.2 Å². The lowest BCUT2D eigenvalue weighted by Crippen LogP contribution is -2.36. The number of nitrogens with two attached hydrogens (primary N) is 1. The van der Waals surface area contributed by atoms with Crippen LogP contribution in [0.2, 0.25) is 0 Å². The molecule has 3 nitrogen and oxygen atoms in total. The molecule has 1 rings (SSSR count). The molecule has 0 saturated carbocycles. The summed E-state index contributed by atoms with van der Waals surface area (Å²) in [5, 5.41) is 0. The maximum atomic E-state index is 5.44. The molecule has 1 heterocycles. The van der Waals surface area contributed by atoms with Gasteiger partial charge in [-0.3, -0.25) is 4.90 Å². The molecule has 0 aliphatic carbocycles. The molecule has 0 bridgehead atoms. The average molecular weight is 184 g/mol. The molecule has 1 fully saturated rings. The summed E-state index contributed by atoms with van der Waals surface area (Å²) in [7, 11) is 0. The zero-order valence-corrected chi connectivity index (χ0v) is 8.30. The van der Waals surface area contributed by atoms with E-state index in [9.17, 15) is 0 Å². The van der Waals surface area contributed by atoms with Gasteiger partial charge in [-0.15, -0.1) is 0 Å². The van der Waals surface area contributed by atoms with Gasteiger partial charge in [-0.25, -0.2) is 0 Å². The highest BCUT2D eigenvalue weighted by Crippen LogP contribution is 2.05. The van der Waals surface area contributed by atoms with Crippen LogP contribution in [-0.2, 0) is 4.74 Å². The van der Waals surface area contributed by atoms with E-state index in [0.717, 1.165) is 52.2 Å². The van der Waals surface area contributed by atoms with E-state index in [4.69, 9.17) is 10.5 Å². The Morgan fingerprint density at radius 1 is 1.31 bits per heavy atom. The van der Waals surface area contributed by atoms with E-state index in [0.29, 0.717) is 0 Å². The number of ether oxygens (including phenoxy) is 1. The summed E-state index contributed by atoms with van der Waals surface area (Å²) in [5.74, 6) is 0. The van der Waals surface area contributed by atoms with Crippen LogP contribution in [0, 0.1) is 0 Å². The van der Waals surface area contributed by atoms with Crippen LogP contribution in [0.1, 0.15) is 12.8 Å². The number of hydrogen-bond acceptors (Lipinski definition) is 3. The summed E-state index contributed by atoms with van der Waals surface area (Å²) in [6, 6.07) is 0. The first kappa shape index (κ1) is 10.7. The van der Waals surface area contributed by atoms with Crippen molar-refractivity contribution >= 4 is 0 Å². The first-order valence-corrected chi connectivity index (χ1v) is 4.99. The smallest absolute Gasteiger partial charge is 0.0594 e. The zero-order valence-electron chi connectivity index (χ0n) is 8.30. The third kappa shape index (κ3) is 4.41. The SMILES string of the molecule is C=C(CCN)CCN1CCOCC1. The monoisotopic (exact) mass is 184 g/mol. The van der Waals surface area contributed by atoms with Crippen LogP contribution in [0.15, 0.2) is 12.2 Å². The van der Waals surface area contributed by atoms with Crippen molar-refractivity contribution in [2.24, 2.45) is 5.73 Å². The minimum atomic E-state index is 0.724. The summed E-state index contributed by atoms with van der Waals surface area (Å²) in [6.45, 7) is 9.72. The summed E-state index contributed by atoms with van der Waals surface area (Å²) in [4.78, 5) is 2.42. The summed E-state index contributed by atoms with van der Waals surface area (Å²) in [5.41, 5.74) is 6.72. The third-order valence-electron chi connectivity index (χ3n) is 2.38. The van der Waals surface area contributed by atoms with Crippen molar-refractivity contribution in [3.8, 4) is 0 Å². The highest BCUT2D eigenvalue weighted by Gasteiger charge is 2.09. The van der Waals surface area contributed by atoms with Crippen molar-refractivity contribution in [1.29, 1.82) is 0 Å². The lowest BCUT2D eigenvalue weighted by atomic mass is 10.1. The molecular formula is C10H20N2O. The van der Waals surface area contributed by atoms with E-state index in [1.165, 1.54) is 5.57 Å². The Balaban J connectivity index is 2.06. The van der Waals surface area contributed by atoms with E-state index >= 15 is 0 Å². The molecule has 76 valence electrons. The van der Waals surface area contributed by atoms with Gasteiger partial charge in [0.15, 0.2) is 0 Å². The van der Waals surface area contributed by atoms with Crippen LogP contribution in [0.25, 0.3) is 0 Å². The highest BCUT2D eigenvalue weighted by molar-refractivity contribution is 4.94. The maximum Gasteiger partial charge on any atom is 0.0594 e. The molecule has 0 spiro atoms. The van der Waals surface area contributed by atoms with Crippen LogP contribution in [0.5, 0.6) is 0 Å². The Bertz CT molecular complexity index is 153. The molecule has 1 aliphatic heterocycles. The lowest BCUT2D eigenvalue weighted by Gasteiger charge is -2.26. The van der Waals surface area contributed by atoms with Gasteiger partial charge in [0.05, 0.1) is 13.2 Å². The number of hydrogen-bond donors (Lipinski definition) is 1. The molecule has 0 aromatic carbocycles. The van der Waals surface area contributed by atoms with Crippen LogP contribution in [0.3, 0.4) is 0 Å². The Morgan fingerprint density at radius 2 is 2.00 bits per heavy atom. The molecule has 1 saturated heterocycles. The van der Waals surface area contributed by atoms with E-state index in [-0.39, 0.29) is 0 Å². The minimum Gasteiger partial charge on any atom is -0.379 e. The summed E-state index contributed by atoms with van der Waals surface area (Å²) >= 11 is 0. The predicted molar refractivity (Wildman–Crippen MR) is 54.7 cm³/mol. The highest BCUT2D eigenvalue weighted by atomic mass is 16.5. The van der Waals surface area contributed by atoms with Crippen LogP contribution in [-0.4, -0.2) is 44.3 Å². The van der Waals surface area contributed by atoms with Gasteiger partial charge in [0.25, 0.3) is 0 Å². The van der Waals surface area contributed by atoms with E-state index in [1.807, 2.05) is 0 Å². The Hall–Kier alpha value is -0.380. The third-order valence-corrected chi connectivity index (χ3v) is 2.38. The van der Waals surface area contributed by atoms with Gasteiger partial charge in [0.1, 0.15) is 0 Å². The van der Waals surface area contributed by atoms with E-state index in [2.05, 4.69) is 11.5 Å². The molecule has 1 aliphatic rings. The largest absolute Gasteiger partial charge is 0.379 e. The van der Waals surface area contributed by atoms with Crippen molar-refractivity contribution in [1.82, 2.24) is 4.90 Å². The Kier molecular flexibility index (Phi) is 5.05. The Labute approximate surface area is 80.5 Å². The Morgan fingerprint density at radius 3 is 2.62 bits per heavy atom. The number of nitrogens with zero attached hydrogens (tertiary/aromatic N) is 1. The maximum absolute atomic E-state index is 5.44. The van der Waals surface area contributed by atoms with Gasteiger partial charge in [0.2, 0.25) is 0 Å². The van der Waals surface area contributed by atoms with Gasteiger partial charge in [-0.1, -0.05) is 12.2 Å². The van der Waals surface area contributed by atoms with E-state index in [1.54, 1.807) is 0 Å². The normalized spacial score (nSPS) is 18.8. The minimum absolute atomic E-state index is 0.724. The van der Waals surface area contributed by atoms with Gasteiger partial charge in [-0.05, 0) is 19.4 Å². The molecule has 0 unspecified atom stereocenters. The molecule has 3 heteroatoms. The zero-order chi connectivity index (χ0) is 9.52. The van der Waals surface area contributed by atoms with Crippen LogP contribution < -0.4 is 5.73 Å². The van der Waals surface area contributed by atoms with Crippen molar-refractivity contribution in [2.45, 2.75) is 12.8 Å². The second-order valence-electron chi connectivity index (χ2n) is 3.49. The fraction of sp³-hybridized carbons (Fsp3) is 0.800. The van der Waals surface area contributed by atoms with Crippen molar-refractivity contribution < 1.29 is 4.74 Å². The molecule has 2 N–H and O–H groups in total. The van der Waals surface area contributed by atoms with Crippen molar-refractivity contribution in [2.75, 3.05) is 39.4 Å². The fourth-order valence-electron chi connectivity index (χ4n) is 1.47. The van der Waals surface area contributed by atoms with Gasteiger partial charge in [-0.2, -0.15) is 0 Å². The molecule has 0 aromatic heterocycles. The standard InChI is InChI=1S/C10H20N2O/c1-10(2-4-11)3-5-12-6-8-13-9-7-12/h1-9,11H2. The number of rotatable bonds is 5. The fourth-order valence-corrected chi connectivity index (χ4v) is 1.47. The van der Waals surface area contributed by atoms with Crippen LogP contribution >= 0.6 is 0 Å². The van der Waals surface area contributed by atoms with Gasteiger partial charge >= 0.3 is 0 Å². The lowest BCUT2D eigenvalue weighted by molar-refractivity contribution is 0.0384. The molecule has 13 heavy (non-hydrogen) atoms. The summed E-state index contributed by atoms with van der Waals surface area (Å²) < 4.78 is 5.27. The first-order valence-electron chi connectivity index (χ1n) is 4.99. The predicted octanol–water partition coefficient (Wildman–Crippen LogP) is 0.614. The van der Waals surface area contributed by atoms with Crippen molar-refractivity contribution in [3.63, 3.8) is 0 Å². The second kappa shape index (κ2) is 6.13. The van der Waals surface area contributed by atoms with Gasteiger partial charge < -0.3 is 10.5 Å². The molecular weight excluding hydrogens is 164 g/mol. The average Bonchev–Trinajstić information content (AvgIpc) is 2.17. The summed E-state index contributed by atoms with van der Waals surface area (Å²) in [6.07, 6.45) is 2.04. The second-order valence-corrected chi connectivity index (χ2v) is 3.49. The van der Waals surface area contributed by atoms with E-state index < -0.39 is 0 Å². The topological polar surface area (TPSA) is 38.5 Å². The molecule has 0 amide bonds. The van der Waals surface area contributed by atoms with Gasteiger partial charge in [0, 0.05) is 19.6 Å². The quantitative estimate of drug-likeness (QED) is 0.636. The van der Waals surface area contributed by atoms with Crippen LogP contribution in [0.4, 0.5) is 0 Å². The molecule has 0 radical (unpaired) electrons. The molecule has 0 atom stereocenters.